The molecule has 3 rings (SSSR count). The van der Waals surface area contributed by atoms with Crippen LogP contribution in [0, 0.1) is 12.7 Å². The van der Waals surface area contributed by atoms with Gasteiger partial charge in [-0.1, -0.05) is 11.6 Å². The third-order valence-electron chi connectivity index (χ3n) is 4.94. The highest BCUT2D eigenvalue weighted by atomic mass is 35.5. The molecule has 1 aliphatic heterocycles. The Kier molecular flexibility index (Phi) is 6.39. The molecular weight excluding hydrogens is 401 g/mol. The van der Waals surface area contributed by atoms with Crippen molar-refractivity contribution in [3.8, 4) is 0 Å². The van der Waals surface area contributed by atoms with Gasteiger partial charge < -0.3 is 10.2 Å². The summed E-state index contributed by atoms with van der Waals surface area (Å²) in [5.74, 6) is -0.535. The second-order valence-electron chi connectivity index (χ2n) is 6.96. The monoisotopic (exact) mass is 423 g/mol. The number of rotatable bonds is 6. The predicted octanol–water partition coefficient (Wildman–Crippen LogP) is 2.98. The van der Waals surface area contributed by atoms with E-state index in [1.54, 1.807) is 4.90 Å². The second kappa shape index (κ2) is 8.79. The summed E-state index contributed by atoms with van der Waals surface area (Å²) >= 11 is 5.79. The van der Waals surface area contributed by atoms with Gasteiger partial charge in [0.05, 0.1) is 30.4 Å². The van der Waals surface area contributed by atoms with Gasteiger partial charge in [-0.15, -0.1) is 0 Å². The summed E-state index contributed by atoms with van der Waals surface area (Å²) in [6.07, 6.45) is 1.21. The second-order valence-corrected chi connectivity index (χ2v) is 7.37. The van der Waals surface area contributed by atoms with Crippen LogP contribution in [0.4, 0.5) is 14.9 Å². The number of carbonyl (C=O) groups is 2. The number of carbonyl (C=O) groups excluding carboxylic acids is 2. The van der Waals surface area contributed by atoms with Crippen molar-refractivity contribution in [2.75, 3.05) is 19.0 Å². The minimum Gasteiger partial charge on any atom is -0.317 e. The van der Waals surface area contributed by atoms with Gasteiger partial charge in [-0.25, -0.2) is 14.2 Å². The number of hydrogen-bond acceptors (Lipinski definition) is 4. The summed E-state index contributed by atoms with van der Waals surface area (Å²) in [5.41, 5.74) is 3.34. The van der Waals surface area contributed by atoms with Crippen molar-refractivity contribution in [1.82, 2.24) is 19.7 Å². The van der Waals surface area contributed by atoms with E-state index in [1.807, 2.05) is 18.5 Å². The van der Waals surface area contributed by atoms with E-state index in [0.717, 1.165) is 22.0 Å². The highest BCUT2D eigenvalue weighted by Crippen LogP contribution is 2.27. The van der Waals surface area contributed by atoms with Crippen LogP contribution in [0.2, 0.25) is 5.02 Å². The number of hydroxylamine groups is 2. The molecule has 0 saturated heterocycles. The molecular formula is C19H23ClFN5O3. The highest BCUT2D eigenvalue weighted by Gasteiger charge is 2.31. The van der Waals surface area contributed by atoms with Crippen molar-refractivity contribution < 1.29 is 18.8 Å². The molecule has 10 heteroatoms. The minimum atomic E-state index is -0.535. The maximum atomic E-state index is 13.3. The van der Waals surface area contributed by atoms with Gasteiger partial charge in [-0.2, -0.15) is 5.10 Å². The molecule has 0 bridgehead atoms. The predicted molar refractivity (Wildman–Crippen MR) is 106 cm³/mol. The van der Waals surface area contributed by atoms with Gasteiger partial charge in [0.15, 0.2) is 0 Å². The van der Waals surface area contributed by atoms with E-state index in [0.29, 0.717) is 38.2 Å². The first-order chi connectivity index (χ1) is 13.8. The Hall–Kier alpha value is -2.65. The van der Waals surface area contributed by atoms with E-state index in [9.17, 15) is 14.0 Å². The summed E-state index contributed by atoms with van der Waals surface area (Å²) in [6.45, 7) is 5.11. The van der Waals surface area contributed by atoms with Crippen molar-refractivity contribution >= 4 is 29.7 Å². The molecule has 0 saturated carbocycles. The van der Waals surface area contributed by atoms with E-state index in [-0.39, 0.29) is 17.1 Å². The molecule has 8 nitrogen and oxygen atoms in total. The van der Waals surface area contributed by atoms with E-state index in [4.69, 9.17) is 16.4 Å². The topological polar surface area (TPSA) is 79.7 Å². The van der Waals surface area contributed by atoms with Crippen LogP contribution < -0.4 is 5.32 Å². The molecule has 2 heterocycles. The van der Waals surface area contributed by atoms with Crippen molar-refractivity contribution in [3.63, 3.8) is 0 Å². The van der Waals surface area contributed by atoms with Gasteiger partial charge in [-0.05, 0) is 32.0 Å². The summed E-state index contributed by atoms with van der Waals surface area (Å²) in [6, 6.07) is 3.73. The zero-order valence-corrected chi connectivity index (χ0v) is 17.2. The van der Waals surface area contributed by atoms with Gasteiger partial charge in [-0.3, -0.25) is 14.3 Å². The minimum absolute atomic E-state index is 0.0451. The number of aromatic nitrogens is 2. The lowest BCUT2D eigenvalue weighted by Crippen LogP contribution is -2.44. The quantitative estimate of drug-likeness (QED) is 0.572. The average molecular weight is 424 g/mol. The van der Waals surface area contributed by atoms with Crippen LogP contribution in [0.3, 0.4) is 0 Å². The first-order valence-electron chi connectivity index (χ1n) is 9.19. The molecule has 1 N–H and O–H groups in total. The lowest BCUT2D eigenvalue weighted by Gasteiger charge is -2.33. The molecule has 1 aromatic heterocycles. The summed E-state index contributed by atoms with van der Waals surface area (Å²) in [7, 11) is 1.53. The van der Waals surface area contributed by atoms with E-state index < -0.39 is 5.82 Å². The fourth-order valence-electron chi connectivity index (χ4n) is 3.29. The van der Waals surface area contributed by atoms with E-state index >= 15 is 0 Å². The zero-order valence-electron chi connectivity index (χ0n) is 16.5. The Labute approximate surface area is 173 Å². The van der Waals surface area contributed by atoms with Crippen LogP contribution in [0.1, 0.15) is 23.9 Å². The Morgan fingerprint density at radius 1 is 1.52 bits per heavy atom. The molecule has 0 radical (unpaired) electrons. The SMILES string of the molecule is Cc1c2c(nn1CCON(C)C=O)C[C@@H](C)N(C(=O)Nc1ccc(F)c(Cl)c1)C2. The first kappa shape index (κ1) is 21.1. The highest BCUT2D eigenvalue weighted by molar-refractivity contribution is 6.31. The van der Waals surface area contributed by atoms with Gasteiger partial charge in [0.2, 0.25) is 6.41 Å². The van der Waals surface area contributed by atoms with Gasteiger partial charge >= 0.3 is 6.03 Å². The fraction of sp³-hybridized carbons (Fsp3) is 0.421. The Balaban J connectivity index is 1.69. The Morgan fingerprint density at radius 3 is 2.97 bits per heavy atom. The van der Waals surface area contributed by atoms with Crippen molar-refractivity contribution in [3.05, 3.63) is 46.0 Å². The molecule has 0 aliphatic carbocycles. The van der Waals surface area contributed by atoms with E-state index in [1.165, 1.54) is 25.2 Å². The van der Waals surface area contributed by atoms with Gasteiger partial charge in [0, 0.05) is 36.5 Å². The zero-order chi connectivity index (χ0) is 21.1. The number of anilines is 1. The molecule has 0 spiro atoms. The third kappa shape index (κ3) is 4.68. The number of nitrogens with one attached hydrogen (secondary N) is 1. The average Bonchev–Trinajstić information content (AvgIpc) is 2.98. The number of nitrogens with zero attached hydrogens (tertiary/aromatic N) is 4. The molecule has 29 heavy (non-hydrogen) atoms. The van der Waals surface area contributed by atoms with Crippen molar-refractivity contribution in [2.45, 2.75) is 39.4 Å². The molecule has 1 aliphatic rings. The first-order valence-corrected chi connectivity index (χ1v) is 9.56. The molecule has 0 fully saturated rings. The Morgan fingerprint density at radius 2 is 2.28 bits per heavy atom. The third-order valence-corrected chi connectivity index (χ3v) is 5.23. The number of benzene rings is 1. The molecule has 0 unspecified atom stereocenters. The normalized spacial score (nSPS) is 15.8. The molecule has 3 amide bonds. The molecule has 2 aromatic rings. The van der Waals surface area contributed by atoms with Crippen molar-refractivity contribution in [2.24, 2.45) is 0 Å². The number of halogens is 2. The van der Waals surface area contributed by atoms with Crippen LogP contribution in [0.5, 0.6) is 0 Å². The Bertz CT molecular complexity index is 919. The van der Waals surface area contributed by atoms with Gasteiger partial charge in [0.25, 0.3) is 0 Å². The van der Waals surface area contributed by atoms with Crippen LogP contribution in [-0.4, -0.2) is 51.9 Å². The number of amides is 3. The van der Waals surface area contributed by atoms with Crippen LogP contribution in [0.25, 0.3) is 0 Å². The maximum Gasteiger partial charge on any atom is 0.322 e. The molecule has 156 valence electrons. The van der Waals surface area contributed by atoms with Crippen LogP contribution in [0.15, 0.2) is 18.2 Å². The smallest absolute Gasteiger partial charge is 0.317 e. The largest absolute Gasteiger partial charge is 0.322 e. The lowest BCUT2D eigenvalue weighted by molar-refractivity contribution is -0.164. The van der Waals surface area contributed by atoms with Gasteiger partial charge in [0.1, 0.15) is 5.82 Å². The lowest BCUT2D eigenvalue weighted by atomic mass is 10.0. The fourth-order valence-corrected chi connectivity index (χ4v) is 3.47. The molecule has 1 atom stereocenters. The summed E-state index contributed by atoms with van der Waals surface area (Å²) in [5, 5.41) is 8.47. The standard InChI is InChI=1S/C19H23ClFN5O3/c1-12-8-18-15(13(2)26(23-18)6-7-29-24(3)11-27)10-25(12)19(28)22-14-4-5-17(21)16(20)9-14/h4-5,9,11-12H,6-8,10H2,1-3H3,(H,22,28)/t12-/m1/s1. The van der Waals surface area contributed by atoms with Crippen molar-refractivity contribution in [1.29, 1.82) is 0 Å². The molecule has 1 aromatic carbocycles. The van der Waals surface area contributed by atoms with Crippen LogP contribution >= 0.6 is 11.6 Å². The van der Waals surface area contributed by atoms with Crippen LogP contribution in [-0.2, 0) is 29.1 Å². The van der Waals surface area contributed by atoms with E-state index in [2.05, 4.69) is 10.4 Å². The maximum absolute atomic E-state index is 13.3. The number of fused-ring (bicyclic) bond motifs is 1. The summed E-state index contributed by atoms with van der Waals surface area (Å²) in [4.78, 5) is 30.3. The summed E-state index contributed by atoms with van der Waals surface area (Å²) < 4.78 is 15.2. The number of hydrogen-bond donors (Lipinski definition) is 1. The number of urea groups is 1.